The maximum absolute atomic E-state index is 11.4. The van der Waals surface area contributed by atoms with Gasteiger partial charge < -0.3 is 14.6 Å². The number of alkyl carbamates (subject to hydrolysis) is 1. The number of carboxylic acids is 1. The molecule has 1 aromatic rings. The molecule has 1 saturated heterocycles. The minimum atomic E-state index is -1.08. The Morgan fingerprint density at radius 2 is 2.06 bits per heavy atom. The molecule has 0 unspecified atom stereocenters. The van der Waals surface area contributed by atoms with Gasteiger partial charge in [-0.2, -0.15) is 0 Å². The molecule has 2 N–H and O–H groups in total. The zero-order valence-electron chi connectivity index (χ0n) is 9.59. The van der Waals surface area contributed by atoms with Crippen molar-refractivity contribution < 1.29 is 24.2 Å². The van der Waals surface area contributed by atoms with Crippen molar-refractivity contribution in [2.24, 2.45) is 0 Å². The Kier molecular flexibility index (Phi) is 3.47. The molecule has 6 nitrogen and oxygen atoms in total. The van der Waals surface area contributed by atoms with Gasteiger partial charge >= 0.3 is 12.1 Å². The maximum atomic E-state index is 11.4. The zero-order valence-corrected chi connectivity index (χ0v) is 9.59. The van der Waals surface area contributed by atoms with E-state index in [9.17, 15) is 9.59 Å². The third kappa shape index (κ3) is 3.46. The smallest absolute Gasteiger partial charge is 0.409 e. The first-order chi connectivity index (χ1) is 8.60. The Hall–Kier alpha value is -2.08. The number of carbonyl (C=O) groups excluding carboxylic acids is 1. The van der Waals surface area contributed by atoms with Crippen molar-refractivity contribution in [1.82, 2.24) is 5.32 Å². The zero-order chi connectivity index (χ0) is 13.0. The molecule has 0 bridgehead atoms. The highest BCUT2D eigenvalue weighted by Crippen LogP contribution is 2.27. The van der Waals surface area contributed by atoms with Crippen LogP contribution in [0, 0.1) is 0 Å². The van der Waals surface area contributed by atoms with Crippen molar-refractivity contribution >= 4 is 12.1 Å². The van der Waals surface area contributed by atoms with E-state index in [-0.39, 0.29) is 19.6 Å². The Balaban J connectivity index is 1.78. The number of epoxide rings is 1. The van der Waals surface area contributed by atoms with Gasteiger partial charge in [0, 0.05) is 0 Å². The standard InChI is InChI=1S/C12H13NO5/c14-10(15)6-12(8-18-12)13-11(16)17-7-9-4-2-1-3-5-9/h1-5H,6-8H2,(H,13,16)(H,14,15)/t12-/m1/s1. The molecule has 1 aliphatic rings. The van der Waals surface area contributed by atoms with E-state index in [0.29, 0.717) is 0 Å². The summed E-state index contributed by atoms with van der Waals surface area (Å²) in [5.41, 5.74) is -0.226. The summed E-state index contributed by atoms with van der Waals surface area (Å²) in [6.45, 7) is 0.329. The molecule has 1 atom stereocenters. The van der Waals surface area contributed by atoms with Crippen LogP contribution in [0.5, 0.6) is 0 Å². The molecule has 0 saturated carbocycles. The Morgan fingerprint density at radius 1 is 1.39 bits per heavy atom. The van der Waals surface area contributed by atoms with E-state index in [0.717, 1.165) is 5.56 Å². The van der Waals surface area contributed by atoms with Gasteiger partial charge in [-0.05, 0) is 5.56 Å². The first-order valence-corrected chi connectivity index (χ1v) is 5.44. The molecule has 1 aromatic carbocycles. The molecule has 0 aliphatic carbocycles. The molecule has 1 heterocycles. The average Bonchev–Trinajstić information content (AvgIpc) is 3.06. The van der Waals surface area contributed by atoms with Crippen LogP contribution in [0.2, 0.25) is 0 Å². The number of ether oxygens (including phenoxy) is 2. The Morgan fingerprint density at radius 3 is 2.61 bits per heavy atom. The molecule has 0 spiro atoms. The quantitative estimate of drug-likeness (QED) is 0.765. The summed E-state index contributed by atoms with van der Waals surface area (Å²) in [6, 6.07) is 9.20. The number of amides is 1. The molecule has 1 aliphatic heterocycles. The molecular weight excluding hydrogens is 238 g/mol. The number of aliphatic carboxylic acids is 1. The van der Waals surface area contributed by atoms with E-state index in [1.165, 1.54) is 0 Å². The van der Waals surface area contributed by atoms with Crippen LogP contribution in [0.15, 0.2) is 30.3 Å². The minimum absolute atomic E-state index is 0.135. The first kappa shape index (κ1) is 12.4. The third-order valence-electron chi connectivity index (χ3n) is 2.47. The molecule has 0 radical (unpaired) electrons. The van der Waals surface area contributed by atoms with Crippen molar-refractivity contribution in [3.8, 4) is 0 Å². The molecule has 2 rings (SSSR count). The molecule has 96 valence electrons. The fourth-order valence-electron chi connectivity index (χ4n) is 1.50. The summed E-state index contributed by atoms with van der Waals surface area (Å²) in [7, 11) is 0. The molecule has 1 amide bonds. The summed E-state index contributed by atoms with van der Waals surface area (Å²) in [5, 5.41) is 11.0. The van der Waals surface area contributed by atoms with Gasteiger partial charge in [0.1, 0.15) is 6.61 Å². The lowest BCUT2D eigenvalue weighted by molar-refractivity contribution is -0.138. The summed E-state index contributed by atoms with van der Waals surface area (Å²) in [6.07, 6.45) is -0.953. The van der Waals surface area contributed by atoms with Gasteiger partial charge in [-0.15, -0.1) is 0 Å². The number of benzene rings is 1. The summed E-state index contributed by atoms with van der Waals surface area (Å²) in [4.78, 5) is 22.0. The number of carboxylic acid groups (broad SMARTS) is 1. The number of hydrogen-bond donors (Lipinski definition) is 2. The predicted octanol–water partition coefficient (Wildman–Crippen LogP) is 1.11. The number of rotatable bonds is 5. The molecule has 1 fully saturated rings. The normalized spacial score (nSPS) is 21.1. The van der Waals surface area contributed by atoms with Crippen molar-refractivity contribution in [1.29, 1.82) is 0 Å². The van der Waals surface area contributed by atoms with Crippen molar-refractivity contribution in [3.05, 3.63) is 35.9 Å². The summed E-state index contributed by atoms with van der Waals surface area (Å²) in [5.74, 6) is -1.03. The lowest BCUT2D eigenvalue weighted by atomic mass is 10.2. The van der Waals surface area contributed by atoms with Crippen LogP contribution in [0.4, 0.5) is 4.79 Å². The van der Waals surface area contributed by atoms with Crippen LogP contribution in [0.1, 0.15) is 12.0 Å². The minimum Gasteiger partial charge on any atom is -0.481 e. The van der Waals surface area contributed by atoms with Gasteiger partial charge in [0.05, 0.1) is 13.0 Å². The third-order valence-corrected chi connectivity index (χ3v) is 2.47. The molecule has 6 heteroatoms. The maximum Gasteiger partial charge on any atom is 0.409 e. The van der Waals surface area contributed by atoms with E-state index in [1.54, 1.807) is 0 Å². The van der Waals surface area contributed by atoms with Gasteiger partial charge in [0.25, 0.3) is 0 Å². The SMILES string of the molecule is O=C(O)C[C@]1(NC(=O)OCc2ccccc2)CO1. The highest BCUT2D eigenvalue weighted by molar-refractivity contribution is 5.73. The van der Waals surface area contributed by atoms with Gasteiger partial charge in [0.15, 0.2) is 5.72 Å². The molecular formula is C12H13NO5. The average molecular weight is 251 g/mol. The van der Waals surface area contributed by atoms with E-state index in [1.807, 2.05) is 30.3 Å². The van der Waals surface area contributed by atoms with E-state index >= 15 is 0 Å². The van der Waals surface area contributed by atoms with Crippen LogP contribution in [-0.2, 0) is 20.9 Å². The van der Waals surface area contributed by atoms with Crippen molar-refractivity contribution in [2.45, 2.75) is 18.8 Å². The lowest BCUT2D eigenvalue weighted by Crippen LogP contribution is -2.40. The van der Waals surface area contributed by atoms with Crippen LogP contribution in [0.25, 0.3) is 0 Å². The number of nitrogens with one attached hydrogen (secondary N) is 1. The van der Waals surface area contributed by atoms with E-state index in [2.05, 4.69) is 5.32 Å². The predicted molar refractivity (Wildman–Crippen MR) is 60.7 cm³/mol. The summed E-state index contributed by atoms with van der Waals surface area (Å²) < 4.78 is 9.90. The largest absolute Gasteiger partial charge is 0.481 e. The van der Waals surface area contributed by atoms with Crippen LogP contribution in [-0.4, -0.2) is 29.5 Å². The number of hydrogen-bond acceptors (Lipinski definition) is 4. The van der Waals surface area contributed by atoms with E-state index in [4.69, 9.17) is 14.6 Å². The van der Waals surface area contributed by atoms with Crippen molar-refractivity contribution in [3.63, 3.8) is 0 Å². The van der Waals surface area contributed by atoms with Crippen LogP contribution >= 0.6 is 0 Å². The van der Waals surface area contributed by atoms with Gasteiger partial charge in [-0.25, -0.2) is 4.79 Å². The topological polar surface area (TPSA) is 88.2 Å². The Labute approximate surface area is 104 Å². The highest BCUT2D eigenvalue weighted by atomic mass is 16.6. The van der Waals surface area contributed by atoms with Gasteiger partial charge in [-0.1, -0.05) is 30.3 Å². The number of carbonyl (C=O) groups is 2. The van der Waals surface area contributed by atoms with E-state index < -0.39 is 17.8 Å². The van der Waals surface area contributed by atoms with Crippen LogP contribution < -0.4 is 5.32 Å². The van der Waals surface area contributed by atoms with Gasteiger partial charge in [0.2, 0.25) is 0 Å². The first-order valence-electron chi connectivity index (χ1n) is 5.44. The fraction of sp³-hybridized carbons (Fsp3) is 0.333. The second-order valence-corrected chi connectivity index (χ2v) is 4.04. The lowest BCUT2D eigenvalue weighted by Gasteiger charge is -2.12. The summed E-state index contributed by atoms with van der Waals surface area (Å²) >= 11 is 0. The monoisotopic (exact) mass is 251 g/mol. The second kappa shape index (κ2) is 5.05. The Bertz CT molecular complexity index is 441. The van der Waals surface area contributed by atoms with Crippen LogP contribution in [0.3, 0.4) is 0 Å². The molecule has 18 heavy (non-hydrogen) atoms. The van der Waals surface area contributed by atoms with Crippen molar-refractivity contribution in [2.75, 3.05) is 6.61 Å². The highest BCUT2D eigenvalue weighted by Gasteiger charge is 2.48. The van der Waals surface area contributed by atoms with Gasteiger partial charge in [-0.3, -0.25) is 10.1 Å². The fourth-order valence-corrected chi connectivity index (χ4v) is 1.50. The molecule has 0 aromatic heterocycles. The second-order valence-electron chi connectivity index (χ2n) is 4.04.